The van der Waals surface area contributed by atoms with Crippen LogP contribution in [0.25, 0.3) is 0 Å². The van der Waals surface area contributed by atoms with Crippen molar-refractivity contribution in [2.24, 2.45) is 5.92 Å². The molecule has 0 saturated heterocycles. The first kappa shape index (κ1) is 32.6. The maximum atomic E-state index is 13.6. The van der Waals surface area contributed by atoms with Gasteiger partial charge in [0.25, 0.3) is 0 Å². The van der Waals surface area contributed by atoms with Crippen molar-refractivity contribution in [1.29, 1.82) is 0 Å². The maximum absolute atomic E-state index is 13.6. The third kappa shape index (κ3) is 4.96. The molecule has 20 heteroatoms. The number of carbonyl (C=O) groups is 1. The number of thioether (sulfide) groups is 1. The molecule has 0 aromatic rings. The molecule has 0 heterocycles. The zero-order valence-corrected chi connectivity index (χ0v) is 16.7. The molecule has 0 aliphatic heterocycles. The minimum Gasteiger partial charge on any atom is -0.481 e. The summed E-state index contributed by atoms with van der Waals surface area (Å²) in [6.45, 7) is 0.954. The predicted molar refractivity (Wildman–Crippen MR) is 79.4 cm³/mol. The highest BCUT2D eigenvalue weighted by Gasteiger charge is 2.95. The highest BCUT2D eigenvalue weighted by Crippen LogP contribution is 2.64. The average molecular weight is 566 g/mol. The van der Waals surface area contributed by atoms with Gasteiger partial charge in [0.15, 0.2) is 0 Å². The topological polar surface area (TPSA) is 37.3 Å². The molecule has 0 rings (SSSR count). The van der Waals surface area contributed by atoms with Crippen molar-refractivity contribution in [2.75, 3.05) is 11.5 Å². The van der Waals surface area contributed by atoms with E-state index in [1.54, 1.807) is 0 Å². The van der Waals surface area contributed by atoms with Crippen LogP contribution in [0.15, 0.2) is 0 Å². The molecule has 1 atom stereocenters. The first-order chi connectivity index (χ1) is 14.6. The Balaban J connectivity index is 6.18. The zero-order valence-electron chi connectivity index (χ0n) is 15.9. The summed E-state index contributed by atoms with van der Waals surface area (Å²) in [5, 5.41) is 8.50. The van der Waals surface area contributed by atoms with Gasteiger partial charge in [0.2, 0.25) is 0 Å². The normalized spacial score (nSPS) is 16.5. The lowest BCUT2D eigenvalue weighted by molar-refractivity contribution is -0.461. The molecule has 0 aliphatic carbocycles. The SMILES string of the molecule is CC(CSCCC(F)(F)C(F)(F)C(F)(F)C(F)(F)C(F)(F)C(F)(F)C(F)(F)C(F)(F)F)C(=O)O. The van der Waals surface area contributed by atoms with Crippen LogP contribution < -0.4 is 0 Å². The molecule has 0 amide bonds. The summed E-state index contributed by atoms with van der Waals surface area (Å²) in [7, 11) is 0. The Labute approximate surface area is 181 Å². The van der Waals surface area contributed by atoms with Gasteiger partial charge in [-0.1, -0.05) is 6.92 Å². The number of rotatable bonds is 12. The van der Waals surface area contributed by atoms with Gasteiger partial charge in [-0.3, -0.25) is 4.79 Å². The second kappa shape index (κ2) is 9.25. The van der Waals surface area contributed by atoms with E-state index >= 15 is 0 Å². The van der Waals surface area contributed by atoms with E-state index in [1.165, 1.54) is 0 Å². The smallest absolute Gasteiger partial charge is 0.460 e. The monoisotopic (exact) mass is 566 g/mol. The van der Waals surface area contributed by atoms with Crippen molar-refractivity contribution in [2.45, 2.75) is 61.0 Å². The Morgan fingerprint density at radius 1 is 0.647 bits per heavy atom. The molecule has 34 heavy (non-hydrogen) atoms. The number of aliphatic carboxylic acids is 1. The molecule has 1 unspecified atom stereocenters. The van der Waals surface area contributed by atoms with Crippen LogP contribution in [0.4, 0.5) is 74.6 Å². The molecule has 0 fully saturated rings. The summed E-state index contributed by atoms with van der Waals surface area (Å²) in [6, 6.07) is 0. The van der Waals surface area contributed by atoms with Gasteiger partial charge in [0.1, 0.15) is 0 Å². The van der Waals surface area contributed by atoms with Crippen LogP contribution in [-0.4, -0.2) is 70.2 Å². The van der Waals surface area contributed by atoms with Crippen LogP contribution in [0.2, 0.25) is 0 Å². The molecule has 204 valence electrons. The van der Waals surface area contributed by atoms with E-state index in [2.05, 4.69) is 0 Å². The van der Waals surface area contributed by atoms with Crippen molar-refractivity contribution >= 4 is 17.7 Å². The van der Waals surface area contributed by atoms with Gasteiger partial charge in [0, 0.05) is 12.2 Å². The summed E-state index contributed by atoms with van der Waals surface area (Å²) in [5.41, 5.74) is 0. The largest absolute Gasteiger partial charge is 0.481 e. The van der Waals surface area contributed by atoms with Gasteiger partial charge in [-0.05, 0) is 5.75 Å². The number of hydrogen-bond acceptors (Lipinski definition) is 2. The Morgan fingerprint density at radius 2 is 0.971 bits per heavy atom. The van der Waals surface area contributed by atoms with Crippen molar-refractivity contribution in [3.05, 3.63) is 0 Å². The van der Waals surface area contributed by atoms with Crippen LogP contribution in [0.3, 0.4) is 0 Å². The molecule has 0 spiro atoms. The second-order valence-corrected chi connectivity index (χ2v) is 7.86. The molecule has 1 N–H and O–H groups in total. The van der Waals surface area contributed by atoms with Gasteiger partial charge >= 0.3 is 53.6 Å². The van der Waals surface area contributed by atoms with Crippen molar-refractivity contribution in [3.8, 4) is 0 Å². The highest BCUT2D eigenvalue weighted by molar-refractivity contribution is 7.99. The highest BCUT2D eigenvalue weighted by atomic mass is 32.2. The first-order valence-corrected chi connectivity index (χ1v) is 9.25. The lowest BCUT2D eigenvalue weighted by Crippen LogP contribution is -2.74. The maximum Gasteiger partial charge on any atom is 0.460 e. The molecular formula is C14H11F17O2S. The molecule has 0 bridgehead atoms. The van der Waals surface area contributed by atoms with E-state index in [1.807, 2.05) is 0 Å². The fourth-order valence-electron chi connectivity index (χ4n) is 1.89. The van der Waals surface area contributed by atoms with Crippen LogP contribution in [0.5, 0.6) is 0 Å². The standard InChI is InChI=1S/C14H11F17O2S/c1-5(6(32)33)4-34-3-2-7(15,16)8(17,18)9(19,20)10(21,22)11(23,24)12(25,26)13(27,28)14(29,30)31/h5H,2-4H2,1H3,(H,32,33). The molecule has 2 nitrogen and oxygen atoms in total. The van der Waals surface area contributed by atoms with Crippen LogP contribution in [-0.2, 0) is 4.79 Å². The minimum absolute atomic E-state index is 0.0478. The van der Waals surface area contributed by atoms with Crippen molar-refractivity contribution in [3.63, 3.8) is 0 Å². The van der Waals surface area contributed by atoms with Gasteiger partial charge in [-0.25, -0.2) is 0 Å². The fraction of sp³-hybridized carbons (Fsp3) is 0.929. The predicted octanol–water partition coefficient (Wildman–Crippen LogP) is 6.84. The van der Waals surface area contributed by atoms with Gasteiger partial charge in [-0.2, -0.15) is 86.4 Å². The lowest BCUT2D eigenvalue weighted by atomic mass is 9.88. The third-order valence-electron chi connectivity index (χ3n) is 4.14. The second-order valence-electron chi connectivity index (χ2n) is 6.71. The van der Waals surface area contributed by atoms with E-state index in [9.17, 15) is 79.4 Å². The number of hydrogen-bond donors (Lipinski definition) is 1. The van der Waals surface area contributed by atoms with E-state index in [4.69, 9.17) is 5.11 Å². The van der Waals surface area contributed by atoms with E-state index in [-0.39, 0.29) is 11.8 Å². The van der Waals surface area contributed by atoms with E-state index in [0.717, 1.165) is 6.92 Å². The minimum atomic E-state index is -8.65. The molecule has 0 saturated carbocycles. The fourth-order valence-corrected chi connectivity index (χ4v) is 2.95. The average Bonchev–Trinajstić information content (AvgIpc) is 2.62. The summed E-state index contributed by atoms with van der Waals surface area (Å²) in [4.78, 5) is 10.5. The molecule has 0 aromatic heterocycles. The van der Waals surface area contributed by atoms with Gasteiger partial charge < -0.3 is 5.11 Å². The van der Waals surface area contributed by atoms with E-state index in [0.29, 0.717) is 0 Å². The quantitative estimate of drug-likeness (QED) is 0.208. The lowest BCUT2D eigenvalue weighted by Gasteiger charge is -2.42. The number of halogens is 17. The Morgan fingerprint density at radius 3 is 1.29 bits per heavy atom. The Kier molecular flexibility index (Phi) is 8.88. The summed E-state index contributed by atoms with van der Waals surface area (Å²) >= 11 is 0.0478. The molecule has 0 aliphatic rings. The Hall–Kier alpha value is -1.37. The van der Waals surface area contributed by atoms with Crippen molar-refractivity contribution < 1.29 is 84.5 Å². The Bertz CT molecular complexity index is 730. The molecular weight excluding hydrogens is 555 g/mol. The summed E-state index contributed by atoms with van der Waals surface area (Å²) in [5.74, 6) is -61.3. The van der Waals surface area contributed by atoms with Crippen LogP contribution in [0, 0.1) is 5.92 Å². The molecule has 0 radical (unpaired) electrons. The van der Waals surface area contributed by atoms with Gasteiger partial charge in [-0.15, -0.1) is 0 Å². The van der Waals surface area contributed by atoms with E-state index < -0.39 is 77.4 Å². The van der Waals surface area contributed by atoms with Crippen molar-refractivity contribution in [1.82, 2.24) is 0 Å². The summed E-state index contributed by atoms with van der Waals surface area (Å²) < 4.78 is 222. The third-order valence-corrected chi connectivity index (χ3v) is 5.37. The van der Waals surface area contributed by atoms with Crippen LogP contribution >= 0.6 is 11.8 Å². The first-order valence-electron chi connectivity index (χ1n) is 8.10. The van der Waals surface area contributed by atoms with Crippen LogP contribution in [0.1, 0.15) is 13.3 Å². The summed E-state index contributed by atoms with van der Waals surface area (Å²) in [6.07, 6.45) is -10.4. The zero-order chi connectivity index (χ0) is 28.0. The number of carboxylic acid groups (broad SMARTS) is 1. The number of alkyl halides is 17. The molecule has 0 aromatic carbocycles. The number of carboxylic acids is 1. The van der Waals surface area contributed by atoms with Gasteiger partial charge in [0.05, 0.1) is 5.92 Å².